The Morgan fingerprint density at radius 1 is 1.13 bits per heavy atom. The molecular formula is C22H19N3O5. The van der Waals surface area contributed by atoms with Gasteiger partial charge in [-0.05, 0) is 37.3 Å². The van der Waals surface area contributed by atoms with Crippen molar-refractivity contribution in [1.29, 1.82) is 0 Å². The van der Waals surface area contributed by atoms with Crippen molar-refractivity contribution < 1.29 is 19.6 Å². The minimum atomic E-state index is -0.747. The molecule has 0 unspecified atom stereocenters. The topological polar surface area (TPSA) is 105 Å². The maximum atomic E-state index is 13.4. The number of nitro groups is 1. The van der Waals surface area contributed by atoms with E-state index in [1.165, 1.54) is 24.1 Å². The predicted octanol–water partition coefficient (Wildman–Crippen LogP) is 4.39. The van der Waals surface area contributed by atoms with Crippen molar-refractivity contribution >= 4 is 23.0 Å². The summed E-state index contributed by atoms with van der Waals surface area (Å²) in [6.07, 6.45) is -0.747. The van der Waals surface area contributed by atoms with Crippen molar-refractivity contribution in [2.24, 2.45) is 0 Å². The fourth-order valence-electron chi connectivity index (χ4n) is 3.52. The van der Waals surface area contributed by atoms with Crippen LogP contribution in [0, 0.1) is 17.0 Å². The Labute approximate surface area is 172 Å². The summed E-state index contributed by atoms with van der Waals surface area (Å²) in [5.74, 6) is -0.847. The van der Waals surface area contributed by atoms with Gasteiger partial charge in [-0.15, -0.1) is 0 Å². The van der Waals surface area contributed by atoms with E-state index in [0.29, 0.717) is 22.5 Å². The Kier molecular flexibility index (Phi) is 4.75. The molecule has 1 aliphatic heterocycles. The zero-order valence-corrected chi connectivity index (χ0v) is 16.3. The van der Waals surface area contributed by atoms with E-state index >= 15 is 0 Å². The third-order valence-corrected chi connectivity index (χ3v) is 5.05. The summed E-state index contributed by atoms with van der Waals surface area (Å²) in [5.41, 5.74) is 2.68. The molecular weight excluding hydrogens is 386 g/mol. The number of anilines is 2. The molecule has 0 aromatic heterocycles. The van der Waals surface area contributed by atoms with E-state index in [1.807, 2.05) is 31.2 Å². The highest BCUT2D eigenvalue weighted by atomic mass is 16.6. The van der Waals surface area contributed by atoms with Gasteiger partial charge in [0.15, 0.2) is 5.75 Å². The highest BCUT2D eigenvalue weighted by Gasteiger charge is 2.35. The summed E-state index contributed by atoms with van der Waals surface area (Å²) in [7, 11) is 1.31. The van der Waals surface area contributed by atoms with Crippen molar-refractivity contribution in [3.8, 4) is 11.5 Å². The molecule has 0 bridgehead atoms. The lowest BCUT2D eigenvalue weighted by molar-refractivity contribution is -0.386. The number of para-hydroxylation sites is 1. The van der Waals surface area contributed by atoms with Gasteiger partial charge < -0.3 is 15.2 Å². The minimum absolute atomic E-state index is 0.0452. The average Bonchev–Trinajstić information content (AvgIpc) is 2.74. The third-order valence-electron chi connectivity index (χ3n) is 5.05. The predicted molar refractivity (Wildman–Crippen MR) is 112 cm³/mol. The van der Waals surface area contributed by atoms with Gasteiger partial charge in [-0.25, -0.2) is 0 Å². The zero-order valence-electron chi connectivity index (χ0n) is 16.3. The van der Waals surface area contributed by atoms with Crippen LogP contribution >= 0.6 is 0 Å². The molecule has 3 aromatic carbocycles. The number of fused-ring (bicyclic) bond motifs is 1. The molecule has 1 aliphatic rings. The Morgan fingerprint density at radius 2 is 1.83 bits per heavy atom. The molecule has 0 radical (unpaired) electrons. The number of benzene rings is 3. The summed E-state index contributed by atoms with van der Waals surface area (Å²) >= 11 is 0. The second-order valence-corrected chi connectivity index (χ2v) is 6.95. The summed E-state index contributed by atoms with van der Waals surface area (Å²) < 4.78 is 5.13. The first-order valence-corrected chi connectivity index (χ1v) is 9.22. The number of amides is 1. The number of nitrogens with one attached hydrogen (secondary N) is 1. The van der Waals surface area contributed by atoms with Gasteiger partial charge in [-0.3, -0.25) is 19.8 Å². The molecule has 0 fully saturated rings. The van der Waals surface area contributed by atoms with Crippen LogP contribution in [-0.4, -0.2) is 23.0 Å². The van der Waals surface area contributed by atoms with Crippen molar-refractivity contribution in [2.45, 2.75) is 13.1 Å². The second-order valence-electron chi connectivity index (χ2n) is 6.95. The van der Waals surface area contributed by atoms with Crippen LogP contribution in [0.2, 0.25) is 0 Å². The number of rotatable bonds is 4. The molecule has 8 nitrogen and oxygen atoms in total. The Bertz CT molecular complexity index is 1140. The second kappa shape index (κ2) is 7.40. The van der Waals surface area contributed by atoms with Gasteiger partial charge in [0.1, 0.15) is 6.17 Å². The van der Waals surface area contributed by atoms with E-state index in [0.717, 1.165) is 5.56 Å². The molecule has 8 heteroatoms. The fraction of sp³-hybridized carbons (Fsp3) is 0.136. The van der Waals surface area contributed by atoms with Crippen LogP contribution in [0.1, 0.15) is 27.7 Å². The average molecular weight is 405 g/mol. The lowest BCUT2D eigenvalue weighted by Crippen LogP contribution is -2.43. The number of nitro benzene ring substituents is 1. The molecule has 152 valence electrons. The maximum Gasteiger partial charge on any atom is 0.315 e. The van der Waals surface area contributed by atoms with Crippen molar-refractivity contribution in [3.05, 3.63) is 87.5 Å². The number of aryl methyl sites for hydroxylation is 1. The van der Waals surface area contributed by atoms with E-state index in [9.17, 15) is 20.0 Å². The van der Waals surface area contributed by atoms with Gasteiger partial charge >= 0.3 is 5.69 Å². The van der Waals surface area contributed by atoms with Crippen LogP contribution in [-0.2, 0) is 0 Å². The number of carbonyl (C=O) groups is 1. The molecule has 0 saturated carbocycles. The summed E-state index contributed by atoms with van der Waals surface area (Å²) in [6.45, 7) is 1.95. The molecule has 2 N–H and O–H groups in total. The molecule has 1 amide bonds. The maximum absolute atomic E-state index is 13.4. The van der Waals surface area contributed by atoms with Gasteiger partial charge in [0.2, 0.25) is 5.75 Å². The number of carbonyl (C=O) groups excluding carboxylic acids is 1. The number of nitrogens with zero attached hydrogens (tertiary/aromatic N) is 2. The first-order chi connectivity index (χ1) is 14.4. The zero-order chi connectivity index (χ0) is 21.4. The largest absolute Gasteiger partial charge is 0.500 e. The number of hydrogen-bond donors (Lipinski definition) is 2. The lowest BCUT2D eigenvalue weighted by Gasteiger charge is -2.38. The monoisotopic (exact) mass is 405 g/mol. The summed E-state index contributed by atoms with van der Waals surface area (Å²) in [5, 5.41) is 24.9. The minimum Gasteiger partial charge on any atom is -0.500 e. The lowest BCUT2D eigenvalue weighted by atomic mass is 10.0. The molecule has 0 spiro atoms. The number of phenolic OH excluding ortho intramolecular Hbond substituents is 1. The summed E-state index contributed by atoms with van der Waals surface area (Å²) in [6, 6.07) is 17.2. The number of hydrogen-bond acceptors (Lipinski definition) is 6. The normalized spacial score (nSPS) is 15.3. The van der Waals surface area contributed by atoms with Crippen LogP contribution < -0.4 is 15.0 Å². The third kappa shape index (κ3) is 3.18. The number of aromatic hydroxyl groups is 1. The molecule has 1 heterocycles. The Morgan fingerprint density at radius 3 is 2.50 bits per heavy atom. The Balaban J connectivity index is 1.92. The molecule has 1 atom stereocenters. The molecule has 4 rings (SSSR count). The van der Waals surface area contributed by atoms with E-state index in [2.05, 4.69) is 5.32 Å². The van der Waals surface area contributed by atoms with Crippen molar-refractivity contribution in [3.63, 3.8) is 0 Å². The van der Waals surface area contributed by atoms with Crippen LogP contribution in [0.4, 0.5) is 17.1 Å². The van der Waals surface area contributed by atoms with E-state index < -0.39 is 22.5 Å². The number of phenols is 1. The first-order valence-electron chi connectivity index (χ1n) is 9.22. The molecule has 3 aromatic rings. The van der Waals surface area contributed by atoms with Gasteiger partial charge in [-0.1, -0.05) is 29.8 Å². The number of methoxy groups -OCH3 is 1. The van der Waals surface area contributed by atoms with Gasteiger partial charge in [0, 0.05) is 23.0 Å². The molecule has 0 aliphatic carbocycles. The van der Waals surface area contributed by atoms with Crippen LogP contribution in [0.15, 0.2) is 60.7 Å². The van der Waals surface area contributed by atoms with Gasteiger partial charge in [-0.2, -0.15) is 0 Å². The van der Waals surface area contributed by atoms with Gasteiger partial charge in [0.05, 0.1) is 17.6 Å². The molecule has 30 heavy (non-hydrogen) atoms. The van der Waals surface area contributed by atoms with Crippen LogP contribution in [0.3, 0.4) is 0 Å². The van der Waals surface area contributed by atoms with E-state index in [1.54, 1.807) is 24.3 Å². The quantitative estimate of drug-likeness (QED) is 0.493. The van der Waals surface area contributed by atoms with Gasteiger partial charge in [0.25, 0.3) is 5.91 Å². The standard InChI is InChI=1S/C22H19N3O5/c1-13-7-9-15(10-8-13)24-21(23-17-6-4-3-5-16(17)22(24)27)14-11-18(25(28)29)20(26)19(12-14)30-2/h3-12,21,23,26H,1-2H3/t21-/m0/s1. The van der Waals surface area contributed by atoms with E-state index in [4.69, 9.17) is 4.74 Å². The fourth-order valence-corrected chi connectivity index (χ4v) is 3.52. The molecule has 0 saturated heterocycles. The van der Waals surface area contributed by atoms with Crippen molar-refractivity contribution in [1.82, 2.24) is 0 Å². The smallest absolute Gasteiger partial charge is 0.315 e. The highest BCUT2D eigenvalue weighted by molar-refractivity contribution is 6.12. The van der Waals surface area contributed by atoms with Crippen LogP contribution in [0.25, 0.3) is 0 Å². The Hall–Kier alpha value is -4.07. The SMILES string of the molecule is COc1cc([C@H]2Nc3ccccc3C(=O)N2c2ccc(C)cc2)cc([N+](=O)[O-])c1O. The first kappa shape index (κ1) is 19.3. The van der Waals surface area contributed by atoms with Crippen LogP contribution in [0.5, 0.6) is 11.5 Å². The van der Waals surface area contributed by atoms with Crippen molar-refractivity contribution in [2.75, 3.05) is 17.3 Å². The number of ether oxygens (including phenoxy) is 1. The summed E-state index contributed by atoms with van der Waals surface area (Å²) in [4.78, 5) is 25.7. The highest BCUT2D eigenvalue weighted by Crippen LogP contribution is 2.42. The van der Waals surface area contributed by atoms with E-state index in [-0.39, 0.29) is 11.7 Å².